The summed E-state index contributed by atoms with van der Waals surface area (Å²) in [6, 6.07) is 24.9. The van der Waals surface area contributed by atoms with Crippen molar-refractivity contribution in [3.8, 4) is 28.7 Å². The number of carboxylic acids is 1. The van der Waals surface area contributed by atoms with Crippen molar-refractivity contribution in [1.29, 1.82) is 0 Å². The van der Waals surface area contributed by atoms with E-state index in [1.54, 1.807) is 55.1 Å². The Hall–Kier alpha value is -6.20. The van der Waals surface area contributed by atoms with Crippen LogP contribution in [0.25, 0.3) is 10.8 Å². The number of carboxylic acid groups (broad SMARTS) is 1. The van der Waals surface area contributed by atoms with E-state index < -0.39 is 23.4 Å². The first-order valence-electron chi connectivity index (χ1n) is 18.3. The number of pyridine rings is 1. The Morgan fingerprint density at radius 2 is 1.59 bits per heavy atom. The molecule has 308 valence electrons. The Morgan fingerprint density at radius 3 is 2.31 bits per heavy atom. The van der Waals surface area contributed by atoms with E-state index in [-0.39, 0.29) is 24.2 Å². The van der Waals surface area contributed by atoms with Gasteiger partial charge in [-0.05, 0) is 47.4 Å². The van der Waals surface area contributed by atoms with Crippen LogP contribution in [0.1, 0.15) is 41.6 Å². The number of nitrogens with one attached hydrogen (secondary N) is 4. The lowest BCUT2D eigenvalue weighted by molar-refractivity contribution is 0.0696. The van der Waals surface area contributed by atoms with Gasteiger partial charge in [0, 0.05) is 57.2 Å². The molecule has 0 radical (unpaired) electrons. The van der Waals surface area contributed by atoms with Crippen LogP contribution in [0, 0.1) is 0 Å². The van der Waals surface area contributed by atoms with Crippen molar-refractivity contribution in [2.75, 3.05) is 54.4 Å². The van der Waals surface area contributed by atoms with E-state index in [0.29, 0.717) is 63.9 Å². The molecule has 0 aliphatic heterocycles. The van der Waals surface area contributed by atoms with E-state index in [1.807, 2.05) is 69.3 Å². The number of hydrogen-bond acceptors (Lipinski definition) is 12. The number of methoxy groups -OCH3 is 2. The molecule has 0 aliphatic rings. The first-order valence-corrected chi connectivity index (χ1v) is 20.8. The minimum Gasteiger partial charge on any atom is -0.593 e. The molecule has 5 N–H and O–H groups in total. The summed E-state index contributed by atoms with van der Waals surface area (Å²) in [5, 5.41) is 21.4. The minimum atomic E-state index is -1.37. The number of urea groups is 1. The van der Waals surface area contributed by atoms with Crippen LogP contribution in [0.2, 0.25) is 0 Å². The van der Waals surface area contributed by atoms with Gasteiger partial charge in [0.05, 0.1) is 55.7 Å². The van der Waals surface area contributed by atoms with Crippen molar-refractivity contribution in [1.82, 2.24) is 4.98 Å². The molecule has 2 heterocycles. The van der Waals surface area contributed by atoms with E-state index in [1.165, 1.54) is 24.7 Å². The predicted octanol–water partition coefficient (Wildman–Crippen LogP) is 9.79. The number of fused-ring (bicyclic) bond motifs is 1. The first-order chi connectivity index (χ1) is 28.3. The van der Waals surface area contributed by atoms with Crippen LogP contribution in [0.4, 0.5) is 33.4 Å². The number of carbonyl (C=O) groups excluding carboxylic acids is 1. The van der Waals surface area contributed by atoms with Crippen LogP contribution >= 0.6 is 11.3 Å². The maximum Gasteiger partial charge on any atom is 0.336 e. The second-order valence-corrected chi connectivity index (χ2v) is 16.3. The highest BCUT2D eigenvalue weighted by Gasteiger charge is 2.23. The average Bonchev–Trinajstić information content (AvgIpc) is 3.68. The van der Waals surface area contributed by atoms with Gasteiger partial charge in [0.25, 0.3) is 0 Å². The number of nitrogens with zero attached hydrogens (tertiary/aromatic N) is 1. The lowest BCUT2D eigenvalue weighted by atomic mass is 9.86. The molecule has 0 spiro atoms. The number of thiophene rings is 1. The molecular weight excluding hydrogens is 795 g/mol. The third kappa shape index (κ3) is 11.3. The highest BCUT2D eigenvalue weighted by molar-refractivity contribution is 7.92. The molecule has 6 aromatic rings. The van der Waals surface area contributed by atoms with E-state index in [4.69, 9.17) is 28.8 Å². The molecule has 0 saturated carbocycles. The molecule has 2 aromatic heterocycles. The Labute approximate surface area is 349 Å². The summed E-state index contributed by atoms with van der Waals surface area (Å²) in [6.45, 7) is 7.00. The van der Waals surface area contributed by atoms with Crippen molar-refractivity contribution in [2.45, 2.75) is 32.8 Å². The van der Waals surface area contributed by atoms with Crippen LogP contribution in [-0.4, -0.2) is 60.3 Å². The fourth-order valence-corrected chi connectivity index (χ4v) is 7.23. The molecule has 1 unspecified atom stereocenters. The zero-order chi connectivity index (χ0) is 42.1. The molecule has 16 heteroatoms. The normalized spacial score (nSPS) is 11.7. The van der Waals surface area contributed by atoms with Crippen LogP contribution in [0.15, 0.2) is 96.5 Å². The number of anilines is 5. The third-order valence-corrected chi connectivity index (χ3v) is 10.2. The van der Waals surface area contributed by atoms with Gasteiger partial charge in [0.15, 0.2) is 5.75 Å². The van der Waals surface area contributed by atoms with Gasteiger partial charge in [-0.25, -0.2) is 19.3 Å². The van der Waals surface area contributed by atoms with Crippen molar-refractivity contribution >= 4 is 74.0 Å². The van der Waals surface area contributed by atoms with Gasteiger partial charge >= 0.3 is 12.0 Å². The van der Waals surface area contributed by atoms with E-state index in [9.17, 15) is 14.1 Å². The zero-order valence-electron chi connectivity index (χ0n) is 33.3. The van der Waals surface area contributed by atoms with Crippen LogP contribution in [-0.2, 0) is 28.1 Å². The second-order valence-electron chi connectivity index (χ2n) is 14.2. The van der Waals surface area contributed by atoms with Crippen molar-refractivity contribution in [2.24, 2.45) is 0 Å². The van der Waals surface area contributed by atoms with Gasteiger partial charge in [-0.2, -0.15) is 0 Å². The van der Waals surface area contributed by atoms with Crippen LogP contribution < -0.4 is 39.6 Å². The summed E-state index contributed by atoms with van der Waals surface area (Å²) >= 11 is -0.0354. The number of ether oxygens (including phenoxy) is 5. The predicted molar refractivity (Wildman–Crippen MR) is 233 cm³/mol. The van der Waals surface area contributed by atoms with Gasteiger partial charge < -0.3 is 49.3 Å². The average molecular weight is 840 g/mol. The zero-order valence-corrected chi connectivity index (χ0v) is 35.0. The van der Waals surface area contributed by atoms with Crippen LogP contribution in [0.3, 0.4) is 0 Å². The molecular formula is C43H45N5O9S2. The quantitative estimate of drug-likeness (QED) is 0.0433. The minimum absolute atomic E-state index is 0.245. The third-order valence-electron chi connectivity index (χ3n) is 8.78. The molecule has 0 aliphatic carbocycles. The van der Waals surface area contributed by atoms with E-state index in [0.717, 1.165) is 21.2 Å². The number of hydrogen-bond donors (Lipinski definition) is 5. The maximum atomic E-state index is 13.5. The molecule has 1 atom stereocenters. The summed E-state index contributed by atoms with van der Waals surface area (Å²) in [7, 11) is 3.06. The Kier molecular flexibility index (Phi) is 13.7. The number of aromatic nitrogens is 1. The SMILES string of the molecule is COc1cc(Nc2cc(Oc3ccc(NC(=O)Nc4cc(C(C)(C)C)cc(N[S+](C)[O-])c4OC)c4ccccc34)ccn2)cc(OCCOCc2cc(C(=O)O)cs2)c1. The molecule has 6 rings (SSSR count). The topological polar surface area (TPSA) is 185 Å². The smallest absolute Gasteiger partial charge is 0.336 e. The van der Waals surface area contributed by atoms with Gasteiger partial charge in [-0.15, -0.1) is 11.3 Å². The highest BCUT2D eigenvalue weighted by Crippen LogP contribution is 2.40. The summed E-state index contributed by atoms with van der Waals surface area (Å²) in [5.74, 6) is 2.10. The number of aromatic carboxylic acids is 1. The highest BCUT2D eigenvalue weighted by atomic mass is 32.2. The monoisotopic (exact) mass is 839 g/mol. The molecule has 59 heavy (non-hydrogen) atoms. The Bertz CT molecular complexity index is 2430. The van der Waals surface area contributed by atoms with Gasteiger partial charge in [-0.1, -0.05) is 45.0 Å². The molecule has 0 saturated heterocycles. The van der Waals surface area contributed by atoms with Gasteiger partial charge in [0.1, 0.15) is 47.4 Å². The Balaban J connectivity index is 1.13. The Morgan fingerprint density at radius 1 is 0.847 bits per heavy atom. The molecule has 4 aromatic carbocycles. The van der Waals surface area contributed by atoms with E-state index in [2.05, 4.69) is 25.7 Å². The van der Waals surface area contributed by atoms with Crippen molar-refractivity contribution in [3.63, 3.8) is 0 Å². The van der Waals surface area contributed by atoms with Crippen LogP contribution in [0.5, 0.6) is 28.7 Å². The maximum absolute atomic E-state index is 13.5. The number of amides is 2. The summed E-state index contributed by atoms with van der Waals surface area (Å²) in [4.78, 5) is 29.9. The summed E-state index contributed by atoms with van der Waals surface area (Å²) in [5.41, 5.74) is 3.04. The summed E-state index contributed by atoms with van der Waals surface area (Å²) in [6.07, 6.45) is 3.15. The fourth-order valence-electron chi connectivity index (χ4n) is 5.97. The standard InChI is InChI=1S/C43H45N5O9S2/c1-43(2,3)27-18-36(40(54-5)37(19-27)48-59(6)52)47-42(51)46-35-11-12-38(34-10-8-7-9-33(34)35)57-29-13-14-44-39(23-29)45-28-20-30(53-4)22-31(21-28)56-16-15-55-24-32-17-26(25-58-32)41(49)50/h7-14,17-23,25,48H,15-16,24H2,1-6H3,(H,44,45)(H,49,50)(H2,46,47,51). The lowest BCUT2D eigenvalue weighted by Crippen LogP contribution is -2.22. The first kappa shape index (κ1) is 42.4. The number of benzene rings is 4. The lowest BCUT2D eigenvalue weighted by Gasteiger charge is -2.24. The summed E-state index contributed by atoms with van der Waals surface area (Å²) < 4.78 is 44.2. The molecule has 0 fully saturated rings. The fraction of sp³-hybridized carbons (Fsp3) is 0.233. The molecule has 0 bridgehead atoms. The molecule has 2 amide bonds. The van der Waals surface area contributed by atoms with Gasteiger partial charge in [-0.3, -0.25) is 0 Å². The number of carbonyl (C=O) groups is 2. The second kappa shape index (κ2) is 19.0. The van der Waals surface area contributed by atoms with E-state index >= 15 is 0 Å². The largest absolute Gasteiger partial charge is 0.593 e. The number of rotatable bonds is 17. The van der Waals surface area contributed by atoms with Crippen molar-refractivity contribution < 1.29 is 42.9 Å². The van der Waals surface area contributed by atoms with Crippen molar-refractivity contribution in [3.05, 3.63) is 113 Å². The molecule has 14 nitrogen and oxygen atoms in total. The van der Waals surface area contributed by atoms with Gasteiger partial charge in [0.2, 0.25) is 0 Å².